The fraction of sp³-hybridized carbons (Fsp3) is 0.333. The van der Waals surface area contributed by atoms with Crippen LogP contribution in [0.4, 0.5) is 5.69 Å². The first-order valence-electron chi connectivity index (χ1n) is 5.50. The van der Waals surface area contributed by atoms with Crippen LogP contribution in [0.25, 0.3) is 0 Å². The lowest BCUT2D eigenvalue weighted by molar-refractivity contribution is -0.121. The highest BCUT2D eigenvalue weighted by Crippen LogP contribution is 2.22. The van der Waals surface area contributed by atoms with E-state index in [1.807, 2.05) is 0 Å². The Balaban J connectivity index is 2.58. The molecule has 0 spiro atoms. The third-order valence-electron chi connectivity index (χ3n) is 2.19. The monoisotopic (exact) mass is 302 g/mol. The summed E-state index contributed by atoms with van der Waals surface area (Å²) in [6, 6.07) is 4.94. The Hall–Kier alpha value is -1.21. The van der Waals surface area contributed by atoms with Crippen LogP contribution < -0.4 is 11.1 Å². The zero-order valence-electron chi connectivity index (χ0n) is 10.4. The van der Waals surface area contributed by atoms with Gasteiger partial charge in [0.05, 0.1) is 23.9 Å². The largest absolute Gasteiger partial charge is 0.389 e. The molecule has 3 N–H and O–H groups in total. The molecule has 0 bridgehead atoms. The van der Waals surface area contributed by atoms with Crippen molar-refractivity contribution < 1.29 is 14.3 Å². The van der Waals surface area contributed by atoms with E-state index >= 15 is 0 Å². The van der Waals surface area contributed by atoms with Crippen LogP contribution in [-0.4, -0.2) is 37.8 Å². The van der Waals surface area contributed by atoms with Gasteiger partial charge in [-0.15, -0.1) is 0 Å². The van der Waals surface area contributed by atoms with E-state index in [4.69, 9.17) is 39.0 Å². The highest BCUT2D eigenvalue weighted by atomic mass is 35.5. The van der Waals surface area contributed by atoms with E-state index in [0.717, 1.165) is 0 Å². The lowest BCUT2D eigenvalue weighted by Gasteiger charge is -2.09. The summed E-state index contributed by atoms with van der Waals surface area (Å²) in [4.78, 5) is 11.8. The Morgan fingerprint density at radius 3 is 2.84 bits per heavy atom. The van der Waals surface area contributed by atoms with E-state index in [-0.39, 0.29) is 17.5 Å². The van der Waals surface area contributed by atoms with Gasteiger partial charge in [0.1, 0.15) is 11.6 Å². The summed E-state index contributed by atoms with van der Waals surface area (Å²) in [6.07, 6.45) is 0. The van der Waals surface area contributed by atoms with Gasteiger partial charge >= 0.3 is 0 Å². The Morgan fingerprint density at radius 1 is 1.47 bits per heavy atom. The van der Waals surface area contributed by atoms with Gasteiger partial charge in [-0.3, -0.25) is 4.79 Å². The van der Waals surface area contributed by atoms with E-state index in [9.17, 15) is 4.79 Å². The highest BCUT2D eigenvalue weighted by Gasteiger charge is 2.08. The van der Waals surface area contributed by atoms with E-state index in [0.29, 0.717) is 29.5 Å². The fourth-order valence-electron chi connectivity index (χ4n) is 1.27. The molecule has 0 saturated heterocycles. The predicted octanol–water partition coefficient (Wildman–Crippen LogP) is 1.58. The quantitative estimate of drug-likeness (QED) is 0.591. The molecule has 0 heterocycles. The van der Waals surface area contributed by atoms with Gasteiger partial charge in [-0.05, 0) is 12.1 Å². The van der Waals surface area contributed by atoms with Crippen molar-refractivity contribution in [1.29, 1.82) is 0 Å². The molecule has 0 aliphatic rings. The molecular formula is C12H15ClN2O3S. The highest BCUT2D eigenvalue weighted by molar-refractivity contribution is 7.80. The van der Waals surface area contributed by atoms with Crippen molar-refractivity contribution >= 4 is 40.4 Å². The van der Waals surface area contributed by atoms with Gasteiger partial charge in [-0.2, -0.15) is 0 Å². The standard InChI is InChI=1S/C12H15ClN2O3S/c1-17-4-5-18-7-11(16)15-10-6-8(12(14)19)2-3-9(10)13/h2-3,6H,4-5,7H2,1H3,(H2,14,19)(H,15,16). The Bertz CT molecular complexity index is 468. The maximum absolute atomic E-state index is 11.6. The number of nitrogens with two attached hydrogens (primary N) is 1. The molecule has 7 heteroatoms. The lowest BCUT2D eigenvalue weighted by atomic mass is 10.2. The van der Waals surface area contributed by atoms with E-state index in [1.54, 1.807) is 25.3 Å². The number of ether oxygens (including phenoxy) is 2. The third-order valence-corrected chi connectivity index (χ3v) is 2.76. The fourth-order valence-corrected chi connectivity index (χ4v) is 1.56. The van der Waals surface area contributed by atoms with Crippen LogP contribution >= 0.6 is 23.8 Å². The molecule has 0 fully saturated rings. The number of carbonyl (C=O) groups is 1. The molecule has 1 amide bonds. The van der Waals surface area contributed by atoms with Crippen molar-refractivity contribution in [2.75, 3.05) is 32.2 Å². The number of hydrogen-bond acceptors (Lipinski definition) is 4. The zero-order chi connectivity index (χ0) is 14.3. The number of benzene rings is 1. The third kappa shape index (κ3) is 5.52. The average molecular weight is 303 g/mol. The van der Waals surface area contributed by atoms with Crippen molar-refractivity contribution in [3.05, 3.63) is 28.8 Å². The first kappa shape index (κ1) is 15.8. The van der Waals surface area contributed by atoms with Crippen molar-refractivity contribution in [3.8, 4) is 0 Å². The minimum Gasteiger partial charge on any atom is -0.389 e. The van der Waals surface area contributed by atoms with Gasteiger partial charge in [-0.25, -0.2) is 0 Å². The maximum Gasteiger partial charge on any atom is 0.250 e. The predicted molar refractivity (Wildman–Crippen MR) is 78.7 cm³/mol. The molecule has 104 valence electrons. The van der Waals surface area contributed by atoms with Crippen molar-refractivity contribution in [2.45, 2.75) is 0 Å². The number of methoxy groups -OCH3 is 1. The molecule has 0 saturated carbocycles. The molecule has 1 aromatic carbocycles. The second-order valence-electron chi connectivity index (χ2n) is 3.65. The molecule has 1 aromatic rings. The van der Waals surface area contributed by atoms with Crippen LogP contribution in [0.1, 0.15) is 5.56 Å². The molecule has 0 aliphatic heterocycles. The maximum atomic E-state index is 11.6. The van der Waals surface area contributed by atoms with Gasteiger partial charge in [0.25, 0.3) is 0 Å². The van der Waals surface area contributed by atoms with Crippen LogP contribution in [0.15, 0.2) is 18.2 Å². The Morgan fingerprint density at radius 2 is 2.21 bits per heavy atom. The van der Waals surface area contributed by atoms with Crippen molar-refractivity contribution in [2.24, 2.45) is 5.73 Å². The number of thiocarbonyl (C=S) groups is 1. The molecule has 1 rings (SSSR count). The summed E-state index contributed by atoms with van der Waals surface area (Å²) in [5, 5.41) is 3.04. The molecule has 0 aromatic heterocycles. The van der Waals surface area contributed by atoms with Crippen LogP contribution in [0.2, 0.25) is 5.02 Å². The minimum absolute atomic E-state index is 0.0724. The first-order valence-corrected chi connectivity index (χ1v) is 6.29. The lowest BCUT2D eigenvalue weighted by Crippen LogP contribution is -2.20. The van der Waals surface area contributed by atoms with Crippen molar-refractivity contribution in [3.63, 3.8) is 0 Å². The molecule has 0 unspecified atom stereocenters. The number of anilines is 1. The van der Waals surface area contributed by atoms with Crippen LogP contribution in [-0.2, 0) is 14.3 Å². The van der Waals surface area contributed by atoms with Crippen LogP contribution in [0, 0.1) is 0 Å². The normalized spacial score (nSPS) is 10.2. The smallest absolute Gasteiger partial charge is 0.250 e. The Kier molecular flexibility index (Phi) is 6.72. The molecule has 0 atom stereocenters. The first-order chi connectivity index (χ1) is 9.04. The van der Waals surface area contributed by atoms with Gasteiger partial charge in [0, 0.05) is 12.7 Å². The van der Waals surface area contributed by atoms with Gasteiger partial charge in [-0.1, -0.05) is 29.9 Å². The molecule has 0 radical (unpaired) electrons. The minimum atomic E-state index is -0.307. The van der Waals surface area contributed by atoms with Crippen molar-refractivity contribution in [1.82, 2.24) is 0 Å². The molecule has 19 heavy (non-hydrogen) atoms. The summed E-state index contributed by atoms with van der Waals surface area (Å²) >= 11 is 10.8. The van der Waals surface area contributed by atoms with Crippen LogP contribution in [0.3, 0.4) is 0 Å². The SMILES string of the molecule is COCCOCC(=O)Nc1cc(C(N)=S)ccc1Cl. The molecule has 0 aliphatic carbocycles. The van der Waals surface area contributed by atoms with Crippen LogP contribution in [0.5, 0.6) is 0 Å². The molecular weight excluding hydrogens is 288 g/mol. The number of nitrogens with one attached hydrogen (secondary N) is 1. The summed E-state index contributed by atoms with van der Waals surface area (Å²) < 4.78 is 9.89. The second-order valence-corrected chi connectivity index (χ2v) is 4.50. The zero-order valence-corrected chi connectivity index (χ0v) is 12.0. The Labute approximate surface area is 122 Å². The number of halogens is 1. The number of rotatable bonds is 7. The molecule has 5 nitrogen and oxygen atoms in total. The number of carbonyl (C=O) groups excluding carboxylic acids is 1. The van der Waals surface area contributed by atoms with E-state index in [2.05, 4.69) is 5.32 Å². The van der Waals surface area contributed by atoms with E-state index < -0.39 is 0 Å². The van der Waals surface area contributed by atoms with Gasteiger partial charge < -0.3 is 20.5 Å². The summed E-state index contributed by atoms with van der Waals surface area (Å²) in [7, 11) is 1.56. The number of amides is 1. The van der Waals surface area contributed by atoms with Gasteiger partial charge in [0.2, 0.25) is 5.91 Å². The number of hydrogen-bond donors (Lipinski definition) is 2. The summed E-state index contributed by atoms with van der Waals surface area (Å²) in [5.41, 5.74) is 6.60. The summed E-state index contributed by atoms with van der Waals surface area (Å²) in [5.74, 6) is -0.307. The second kappa shape index (κ2) is 8.06. The van der Waals surface area contributed by atoms with E-state index in [1.165, 1.54) is 0 Å². The van der Waals surface area contributed by atoms with Gasteiger partial charge in [0.15, 0.2) is 0 Å². The topological polar surface area (TPSA) is 73.6 Å². The average Bonchev–Trinajstić information content (AvgIpc) is 2.37. The summed E-state index contributed by atoms with van der Waals surface area (Å²) in [6.45, 7) is 0.715.